The average Bonchev–Trinajstić information content (AvgIpc) is 2.68. The van der Waals surface area contributed by atoms with Crippen LogP contribution >= 0.6 is 11.3 Å². The van der Waals surface area contributed by atoms with E-state index in [0.717, 1.165) is 16.3 Å². The first kappa shape index (κ1) is 9.37. The summed E-state index contributed by atoms with van der Waals surface area (Å²) in [5.41, 5.74) is 1.85. The van der Waals surface area contributed by atoms with E-state index in [1.807, 2.05) is 35.7 Å². The van der Waals surface area contributed by atoms with E-state index >= 15 is 0 Å². The Kier molecular flexibility index (Phi) is 2.61. The number of aliphatic hydroxyl groups is 1. The maximum Gasteiger partial charge on any atom is 0.123 e. The van der Waals surface area contributed by atoms with Crippen LogP contribution in [0.25, 0.3) is 10.6 Å². The number of rotatable bonds is 2. The third-order valence-electron chi connectivity index (χ3n) is 1.97. The molecule has 1 N–H and O–H groups in total. The summed E-state index contributed by atoms with van der Waals surface area (Å²) in [7, 11) is 0. The molecule has 0 aliphatic rings. The lowest BCUT2D eigenvalue weighted by Gasteiger charge is -1.97. The first-order valence-electron chi connectivity index (χ1n) is 4.46. The second kappa shape index (κ2) is 3.90. The number of hydrogen-bond acceptors (Lipinski definition) is 3. The highest BCUT2D eigenvalue weighted by molar-refractivity contribution is 7.13. The zero-order valence-electron chi connectivity index (χ0n) is 7.84. The highest BCUT2D eigenvalue weighted by atomic mass is 32.1. The molecule has 0 saturated heterocycles. The number of aromatic nitrogens is 1. The lowest BCUT2D eigenvalue weighted by molar-refractivity contribution is 0.195. The van der Waals surface area contributed by atoms with Crippen LogP contribution in [-0.2, 0) is 0 Å². The molecule has 0 fully saturated rings. The Morgan fingerprint density at radius 3 is 2.57 bits per heavy atom. The Morgan fingerprint density at radius 1 is 1.29 bits per heavy atom. The maximum atomic E-state index is 9.33. The molecule has 0 bridgehead atoms. The minimum atomic E-state index is -0.483. The summed E-state index contributed by atoms with van der Waals surface area (Å²) in [6.45, 7) is 1.73. The van der Waals surface area contributed by atoms with Gasteiger partial charge >= 0.3 is 0 Å². The Morgan fingerprint density at radius 2 is 2.00 bits per heavy atom. The second-order valence-electron chi connectivity index (χ2n) is 3.12. The molecule has 0 saturated carbocycles. The van der Waals surface area contributed by atoms with E-state index in [1.54, 1.807) is 18.3 Å². The molecule has 1 atom stereocenters. The van der Waals surface area contributed by atoms with Gasteiger partial charge in [-0.3, -0.25) is 0 Å². The molecule has 1 heterocycles. The summed E-state index contributed by atoms with van der Waals surface area (Å²) in [5.74, 6) is 0. The molecule has 1 aromatic carbocycles. The van der Waals surface area contributed by atoms with Crippen molar-refractivity contribution in [2.75, 3.05) is 0 Å². The first-order valence-corrected chi connectivity index (χ1v) is 5.34. The van der Waals surface area contributed by atoms with Crippen LogP contribution in [-0.4, -0.2) is 10.1 Å². The van der Waals surface area contributed by atoms with E-state index in [0.29, 0.717) is 0 Å². The molecule has 1 aromatic heterocycles. The zero-order valence-corrected chi connectivity index (χ0v) is 8.66. The molecule has 3 heteroatoms. The van der Waals surface area contributed by atoms with Gasteiger partial charge in [0.15, 0.2) is 0 Å². The van der Waals surface area contributed by atoms with Crippen LogP contribution in [0.5, 0.6) is 0 Å². The molecule has 72 valence electrons. The van der Waals surface area contributed by atoms with Crippen molar-refractivity contribution in [1.29, 1.82) is 0 Å². The monoisotopic (exact) mass is 205 g/mol. The topological polar surface area (TPSA) is 33.1 Å². The van der Waals surface area contributed by atoms with Gasteiger partial charge in [-0.25, -0.2) is 4.98 Å². The molecule has 2 rings (SSSR count). The number of thiazole rings is 1. The average molecular weight is 205 g/mol. The fraction of sp³-hybridized carbons (Fsp3) is 0.182. The van der Waals surface area contributed by atoms with Crippen LogP contribution in [0.15, 0.2) is 35.7 Å². The van der Waals surface area contributed by atoms with Gasteiger partial charge in [-0.15, -0.1) is 11.3 Å². The van der Waals surface area contributed by atoms with Crippen LogP contribution in [0.4, 0.5) is 0 Å². The molecule has 0 spiro atoms. The minimum Gasteiger partial charge on any atom is -0.387 e. The molecule has 0 amide bonds. The quantitative estimate of drug-likeness (QED) is 0.817. The lowest BCUT2D eigenvalue weighted by atomic mass is 10.2. The van der Waals surface area contributed by atoms with Crippen molar-refractivity contribution in [3.8, 4) is 10.6 Å². The number of aliphatic hydroxyl groups excluding tert-OH is 1. The van der Waals surface area contributed by atoms with Gasteiger partial charge in [0.25, 0.3) is 0 Å². The van der Waals surface area contributed by atoms with Crippen LogP contribution in [0, 0.1) is 0 Å². The van der Waals surface area contributed by atoms with E-state index < -0.39 is 6.10 Å². The molecule has 0 unspecified atom stereocenters. The molecule has 14 heavy (non-hydrogen) atoms. The van der Waals surface area contributed by atoms with Crippen molar-refractivity contribution >= 4 is 11.3 Å². The fourth-order valence-electron chi connectivity index (χ4n) is 1.19. The molecule has 0 aliphatic heterocycles. The third kappa shape index (κ3) is 1.84. The van der Waals surface area contributed by atoms with Crippen molar-refractivity contribution in [2.45, 2.75) is 13.0 Å². The van der Waals surface area contributed by atoms with Crippen molar-refractivity contribution in [1.82, 2.24) is 4.98 Å². The number of nitrogens with zero attached hydrogens (tertiary/aromatic N) is 1. The van der Waals surface area contributed by atoms with E-state index in [4.69, 9.17) is 0 Å². The van der Waals surface area contributed by atoms with Gasteiger partial charge in [-0.1, -0.05) is 30.3 Å². The van der Waals surface area contributed by atoms with E-state index in [-0.39, 0.29) is 0 Å². The van der Waals surface area contributed by atoms with Crippen molar-refractivity contribution in [3.63, 3.8) is 0 Å². The molecule has 0 aliphatic carbocycles. The van der Waals surface area contributed by atoms with Crippen LogP contribution in [0.2, 0.25) is 0 Å². The number of benzene rings is 1. The predicted molar refractivity (Wildman–Crippen MR) is 58.2 cm³/mol. The van der Waals surface area contributed by atoms with Gasteiger partial charge in [0.1, 0.15) is 5.01 Å². The molecule has 0 radical (unpaired) electrons. The van der Waals surface area contributed by atoms with E-state index in [2.05, 4.69) is 4.98 Å². The van der Waals surface area contributed by atoms with Gasteiger partial charge in [-0.05, 0) is 6.92 Å². The van der Waals surface area contributed by atoms with Gasteiger partial charge < -0.3 is 5.11 Å². The Hall–Kier alpha value is -1.19. The highest BCUT2D eigenvalue weighted by Crippen LogP contribution is 2.25. The summed E-state index contributed by atoms with van der Waals surface area (Å²) in [6.07, 6.45) is -0.483. The smallest absolute Gasteiger partial charge is 0.123 e. The summed E-state index contributed by atoms with van der Waals surface area (Å²) in [6, 6.07) is 9.99. The molecule has 2 aromatic rings. The summed E-state index contributed by atoms with van der Waals surface area (Å²) >= 11 is 1.56. The molecular weight excluding hydrogens is 194 g/mol. The van der Waals surface area contributed by atoms with Crippen LogP contribution in [0.3, 0.4) is 0 Å². The Labute approximate surface area is 86.9 Å². The van der Waals surface area contributed by atoms with Gasteiger partial charge in [0, 0.05) is 10.9 Å². The maximum absolute atomic E-state index is 9.33. The minimum absolute atomic E-state index is 0.483. The SMILES string of the molecule is C[C@H](O)c1csc(-c2ccccc2)n1. The highest BCUT2D eigenvalue weighted by Gasteiger charge is 2.07. The van der Waals surface area contributed by atoms with E-state index in [9.17, 15) is 5.11 Å². The zero-order chi connectivity index (χ0) is 9.97. The Bertz CT molecular complexity index is 408. The predicted octanol–water partition coefficient (Wildman–Crippen LogP) is 2.86. The van der Waals surface area contributed by atoms with E-state index in [1.165, 1.54) is 0 Å². The molecular formula is C11H11NOS. The van der Waals surface area contributed by atoms with Crippen molar-refractivity contribution in [3.05, 3.63) is 41.4 Å². The van der Waals surface area contributed by atoms with Gasteiger partial charge in [0.2, 0.25) is 0 Å². The lowest BCUT2D eigenvalue weighted by Crippen LogP contribution is -1.90. The molecule has 2 nitrogen and oxygen atoms in total. The first-order chi connectivity index (χ1) is 6.77. The summed E-state index contributed by atoms with van der Waals surface area (Å²) in [5, 5.41) is 12.2. The summed E-state index contributed by atoms with van der Waals surface area (Å²) < 4.78 is 0. The normalized spacial score (nSPS) is 12.7. The third-order valence-corrected chi connectivity index (χ3v) is 2.88. The largest absolute Gasteiger partial charge is 0.387 e. The fourth-order valence-corrected chi connectivity index (χ4v) is 2.10. The Balaban J connectivity index is 2.34. The number of hydrogen-bond donors (Lipinski definition) is 1. The van der Waals surface area contributed by atoms with Crippen molar-refractivity contribution < 1.29 is 5.11 Å². The van der Waals surface area contributed by atoms with Gasteiger partial charge in [-0.2, -0.15) is 0 Å². The second-order valence-corrected chi connectivity index (χ2v) is 3.98. The van der Waals surface area contributed by atoms with Crippen LogP contribution < -0.4 is 0 Å². The van der Waals surface area contributed by atoms with Crippen LogP contribution in [0.1, 0.15) is 18.7 Å². The van der Waals surface area contributed by atoms with Crippen molar-refractivity contribution in [2.24, 2.45) is 0 Å². The standard InChI is InChI=1S/C11H11NOS/c1-8(13)10-7-14-11(12-10)9-5-3-2-4-6-9/h2-8,13H,1H3/t8-/m0/s1. The van der Waals surface area contributed by atoms with Gasteiger partial charge in [0.05, 0.1) is 11.8 Å². The summed E-state index contributed by atoms with van der Waals surface area (Å²) in [4.78, 5) is 4.35.